The first-order chi connectivity index (χ1) is 16.9. The summed E-state index contributed by atoms with van der Waals surface area (Å²) in [6.07, 6.45) is 5.67. The number of likely N-dealkylation sites (tertiary alicyclic amines) is 1. The van der Waals surface area contributed by atoms with Crippen molar-refractivity contribution in [1.82, 2.24) is 29.5 Å². The van der Waals surface area contributed by atoms with Gasteiger partial charge in [-0.05, 0) is 38.6 Å². The molecule has 4 rings (SSSR count). The molecule has 0 unspecified atom stereocenters. The second kappa shape index (κ2) is 10.4. The highest BCUT2D eigenvalue weighted by Gasteiger charge is 2.29. The second-order valence-corrected chi connectivity index (χ2v) is 8.49. The average Bonchev–Trinajstić information content (AvgIpc) is 3.48. The van der Waals surface area contributed by atoms with E-state index >= 15 is 0 Å². The minimum absolute atomic E-state index is 0.00746. The summed E-state index contributed by atoms with van der Waals surface area (Å²) in [6, 6.07) is 5.38. The highest BCUT2D eigenvalue weighted by molar-refractivity contribution is 5.91. The van der Waals surface area contributed by atoms with E-state index in [4.69, 9.17) is 20.3 Å². The summed E-state index contributed by atoms with van der Waals surface area (Å²) in [5.74, 6) is 7.82. The van der Waals surface area contributed by atoms with Gasteiger partial charge in [-0.2, -0.15) is 5.10 Å². The predicted octanol–water partition coefficient (Wildman–Crippen LogP) is 1.72. The van der Waals surface area contributed by atoms with E-state index in [1.807, 2.05) is 46.8 Å². The van der Waals surface area contributed by atoms with Crippen LogP contribution in [0.3, 0.4) is 0 Å². The molecular formula is C25H29N7O3. The maximum absolute atomic E-state index is 12.6. The van der Waals surface area contributed by atoms with Crippen molar-refractivity contribution in [3.63, 3.8) is 0 Å². The summed E-state index contributed by atoms with van der Waals surface area (Å²) in [7, 11) is 7.10. The number of hydrogen-bond donors (Lipinski definition) is 1. The summed E-state index contributed by atoms with van der Waals surface area (Å²) < 4.78 is 12.5. The molecule has 35 heavy (non-hydrogen) atoms. The molecule has 1 fully saturated rings. The van der Waals surface area contributed by atoms with Gasteiger partial charge >= 0.3 is 0 Å². The molecule has 0 bridgehead atoms. The summed E-state index contributed by atoms with van der Waals surface area (Å²) in [4.78, 5) is 25.0. The molecule has 2 aromatic heterocycles. The van der Waals surface area contributed by atoms with Crippen LogP contribution in [0.25, 0.3) is 11.0 Å². The van der Waals surface area contributed by atoms with Crippen LogP contribution in [0, 0.1) is 11.8 Å². The standard InChI is InChI=1S/C25H29N7O3/c1-30(2)10-5-6-22(33)31-11-9-18(15-31)32-25-23(24(26)27-16-28-25)21(29-32)8-7-17-12-19(34-3)14-20(13-17)35-4/h5-6,12-14,16,18H,9-11,15H2,1-4H3,(H2,26,27,28)/t18-/m0/s1. The lowest BCUT2D eigenvalue weighted by Crippen LogP contribution is -2.28. The number of fused-ring (bicyclic) bond motifs is 1. The Kier molecular flexibility index (Phi) is 7.17. The van der Waals surface area contributed by atoms with Crippen LogP contribution >= 0.6 is 0 Å². The van der Waals surface area contributed by atoms with E-state index in [2.05, 4.69) is 21.8 Å². The maximum atomic E-state index is 12.6. The van der Waals surface area contributed by atoms with Gasteiger partial charge in [0.15, 0.2) is 5.65 Å². The van der Waals surface area contributed by atoms with Crippen molar-refractivity contribution in [1.29, 1.82) is 0 Å². The number of rotatable bonds is 6. The Bertz CT molecular complexity index is 1300. The van der Waals surface area contributed by atoms with E-state index in [1.54, 1.807) is 26.4 Å². The van der Waals surface area contributed by atoms with Crippen molar-refractivity contribution in [2.75, 3.05) is 53.7 Å². The zero-order valence-corrected chi connectivity index (χ0v) is 20.4. The molecule has 0 spiro atoms. The molecule has 3 aromatic rings. The zero-order chi connectivity index (χ0) is 24.9. The van der Waals surface area contributed by atoms with Gasteiger partial charge in [0.25, 0.3) is 0 Å². The summed E-state index contributed by atoms with van der Waals surface area (Å²) in [5.41, 5.74) is 7.99. The molecule has 1 aliphatic rings. The Balaban J connectivity index is 1.63. The van der Waals surface area contributed by atoms with Crippen LogP contribution in [0.4, 0.5) is 5.82 Å². The first-order valence-corrected chi connectivity index (χ1v) is 11.2. The number of anilines is 1. The normalized spacial score (nSPS) is 15.6. The highest BCUT2D eigenvalue weighted by Crippen LogP contribution is 2.29. The number of carbonyl (C=O) groups excluding carboxylic acids is 1. The first kappa shape index (κ1) is 24.0. The number of aromatic nitrogens is 4. The van der Waals surface area contributed by atoms with E-state index < -0.39 is 0 Å². The van der Waals surface area contributed by atoms with Crippen molar-refractivity contribution in [3.05, 3.63) is 47.9 Å². The molecule has 1 aromatic carbocycles. The fourth-order valence-corrected chi connectivity index (χ4v) is 3.96. The predicted molar refractivity (Wildman–Crippen MR) is 133 cm³/mol. The van der Waals surface area contributed by atoms with E-state index in [9.17, 15) is 4.79 Å². The van der Waals surface area contributed by atoms with Gasteiger partial charge < -0.3 is 25.0 Å². The Labute approximate surface area is 204 Å². The van der Waals surface area contributed by atoms with Gasteiger partial charge in [0.1, 0.15) is 29.3 Å². The first-order valence-electron chi connectivity index (χ1n) is 11.2. The summed E-state index contributed by atoms with van der Waals surface area (Å²) in [5, 5.41) is 5.35. The second-order valence-electron chi connectivity index (χ2n) is 8.49. The molecule has 10 nitrogen and oxygen atoms in total. The van der Waals surface area contributed by atoms with Gasteiger partial charge in [-0.3, -0.25) is 4.79 Å². The van der Waals surface area contributed by atoms with Crippen molar-refractivity contribution < 1.29 is 14.3 Å². The molecule has 2 N–H and O–H groups in total. The number of nitrogen functional groups attached to an aromatic ring is 1. The van der Waals surface area contributed by atoms with E-state index in [0.29, 0.717) is 59.2 Å². The number of amides is 1. The largest absolute Gasteiger partial charge is 0.497 e. The number of hydrogen-bond acceptors (Lipinski definition) is 8. The molecule has 10 heteroatoms. The molecule has 182 valence electrons. The average molecular weight is 476 g/mol. The Morgan fingerprint density at radius 2 is 1.94 bits per heavy atom. The lowest BCUT2D eigenvalue weighted by molar-refractivity contribution is -0.125. The molecule has 1 aliphatic heterocycles. The number of nitrogens with zero attached hydrogens (tertiary/aromatic N) is 6. The van der Waals surface area contributed by atoms with Gasteiger partial charge in [-0.15, -0.1) is 0 Å². The third-order valence-corrected chi connectivity index (χ3v) is 5.75. The lowest BCUT2D eigenvalue weighted by Gasteiger charge is -2.15. The summed E-state index contributed by atoms with van der Waals surface area (Å²) in [6.45, 7) is 1.89. The molecule has 1 saturated heterocycles. The van der Waals surface area contributed by atoms with Gasteiger partial charge in [-0.25, -0.2) is 14.6 Å². The number of benzene rings is 1. The van der Waals surface area contributed by atoms with E-state index in [0.717, 1.165) is 6.42 Å². The van der Waals surface area contributed by atoms with Gasteiger partial charge in [0.2, 0.25) is 5.91 Å². The SMILES string of the molecule is COc1cc(C#Cc2nn([C@H]3CCN(C(=O)C=CCN(C)C)C3)c3ncnc(N)c23)cc(OC)c1. The van der Waals surface area contributed by atoms with Crippen LogP contribution in [0.2, 0.25) is 0 Å². The van der Waals surface area contributed by atoms with E-state index in [-0.39, 0.29) is 11.9 Å². The van der Waals surface area contributed by atoms with Gasteiger partial charge in [0.05, 0.1) is 25.6 Å². The third-order valence-electron chi connectivity index (χ3n) is 5.75. The number of nitrogens with two attached hydrogens (primary N) is 1. The Morgan fingerprint density at radius 1 is 1.20 bits per heavy atom. The third kappa shape index (κ3) is 5.36. The van der Waals surface area contributed by atoms with Crippen molar-refractivity contribution in [2.45, 2.75) is 12.5 Å². The number of carbonyl (C=O) groups is 1. The lowest BCUT2D eigenvalue weighted by atomic mass is 10.2. The van der Waals surface area contributed by atoms with Crippen LogP contribution in [0.15, 0.2) is 36.7 Å². The minimum atomic E-state index is -0.0366. The van der Waals surface area contributed by atoms with Crippen LogP contribution in [-0.4, -0.2) is 83.4 Å². The molecule has 0 saturated carbocycles. The smallest absolute Gasteiger partial charge is 0.246 e. The van der Waals surface area contributed by atoms with Gasteiger partial charge in [0, 0.05) is 37.3 Å². The summed E-state index contributed by atoms with van der Waals surface area (Å²) >= 11 is 0. The quantitative estimate of drug-likeness (QED) is 0.424. The van der Waals surface area contributed by atoms with Crippen LogP contribution < -0.4 is 15.2 Å². The topological polar surface area (TPSA) is 112 Å². The van der Waals surface area contributed by atoms with Crippen molar-refractivity contribution in [2.24, 2.45) is 0 Å². The Morgan fingerprint density at radius 3 is 2.63 bits per heavy atom. The fraction of sp³-hybridized carbons (Fsp3) is 0.360. The Hall–Kier alpha value is -4.10. The molecule has 1 amide bonds. The number of ether oxygens (including phenoxy) is 2. The van der Waals surface area contributed by atoms with Crippen LogP contribution in [0.5, 0.6) is 11.5 Å². The monoisotopic (exact) mass is 475 g/mol. The molecule has 0 radical (unpaired) electrons. The van der Waals surface area contributed by atoms with Crippen LogP contribution in [-0.2, 0) is 4.79 Å². The van der Waals surface area contributed by atoms with Crippen molar-refractivity contribution >= 4 is 22.8 Å². The molecule has 0 aliphatic carbocycles. The van der Waals surface area contributed by atoms with Crippen LogP contribution in [0.1, 0.15) is 23.7 Å². The molecule has 1 atom stereocenters. The van der Waals surface area contributed by atoms with E-state index in [1.165, 1.54) is 6.33 Å². The maximum Gasteiger partial charge on any atom is 0.246 e. The minimum Gasteiger partial charge on any atom is -0.497 e. The molecule has 3 heterocycles. The molecular weight excluding hydrogens is 446 g/mol. The highest BCUT2D eigenvalue weighted by atomic mass is 16.5. The van der Waals surface area contributed by atoms with Gasteiger partial charge in [-0.1, -0.05) is 12.0 Å². The van der Waals surface area contributed by atoms with Crippen molar-refractivity contribution in [3.8, 4) is 23.3 Å². The number of likely N-dealkylation sites (N-methyl/N-ethyl adjacent to an activating group) is 1. The zero-order valence-electron chi connectivity index (χ0n) is 20.4. The number of methoxy groups -OCH3 is 2. The fourth-order valence-electron chi connectivity index (χ4n) is 3.96.